The number of aromatic nitrogens is 1. The van der Waals surface area contributed by atoms with Gasteiger partial charge in [-0.15, -0.1) is 0 Å². The van der Waals surface area contributed by atoms with E-state index in [2.05, 4.69) is 37.6 Å². The molecular weight excluding hydrogens is 266 g/mol. The summed E-state index contributed by atoms with van der Waals surface area (Å²) in [6.45, 7) is 10.6. The van der Waals surface area contributed by atoms with Crippen LogP contribution in [0.5, 0.6) is 5.88 Å². The molecule has 0 saturated heterocycles. The zero-order chi connectivity index (χ0) is 15.8. The van der Waals surface area contributed by atoms with Crippen LogP contribution in [-0.4, -0.2) is 37.9 Å². The molecule has 120 valence electrons. The number of nitrogens with zero attached hydrogens (tertiary/aromatic N) is 2. The lowest BCUT2D eigenvalue weighted by Gasteiger charge is -2.30. The minimum atomic E-state index is 0.384. The average Bonchev–Trinajstić information content (AvgIpc) is 2.47. The number of hydrogen-bond acceptors (Lipinski definition) is 5. The Bertz CT molecular complexity index is 424. The van der Waals surface area contributed by atoms with Crippen LogP contribution in [0.2, 0.25) is 0 Å². The van der Waals surface area contributed by atoms with E-state index in [1.807, 2.05) is 12.1 Å². The number of nitrogen functional groups attached to an aromatic ring is 1. The molecule has 0 aliphatic heterocycles. The predicted octanol–water partition coefficient (Wildman–Crippen LogP) is 2.95. The monoisotopic (exact) mass is 295 g/mol. The fraction of sp³-hybridized carbons (Fsp3) is 0.688. The number of hydrogen-bond donors (Lipinski definition) is 1. The normalized spacial score (nSPS) is 12.5. The molecule has 1 aromatic rings. The summed E-state index contributed by atoms with van der Waals surface area (Å²) in [7, 11) is 1.71. The molecule has 1 atom stereocenters. The number of methoxy groups -OCH3 is 1. The third-order valence-corrected chi connectivity index (χ3v) is 3.38. The molecule has 0 radical (unpaired) electrons. The van der Waals surface area contributed by atoms with Gasteiger partial charge in [-0.2, -0.15) is 4.98 Å². The first-order valence-electron chi connectivity index (χ1n) is 7.64. The van der Waals surface area contributed by atoms with Gasteiger partial charge in [-0.1, -0.05) is 20.8 Å². The Balaban J connectivity index is 2.94. The predicted molar refractivity (Wildman–Crippen MR) is 88.0 cm³/mol. The van der Waals surface area contributed by atoms with Gasteiger partial charge in [-0.3, -0.25) is 0 Å². The van der Waals surface area contributed by atoms with Crippen molar-refractivity contribution in [3.8, 4) is 5.88 Å². The first kappa shape index (κ1) is 17.6. The van der Waals surface area contributed by atoms with E-state index in [4.69, 9.17) is 15.2 Å². The Morgan fingerprint density at radius 3 is 2.57 bits per heavy atom. The Labute approximate surface area is 128 Å². The molecule has 5 heteroatoms. The van der Waals surface area contributed by atoms with Gasteiger partial charge in [0.2, 0.25) is 5.88 Å². The van der Waals surface area contributed by atoms with Gasteiger partial charge in [0.1, 0.15) is 5.82 Å². The minimum absolute atomic E-state index is 0.384. The largest absolute Gasteiger partial charge is 0.476 e. The molecule has 1 heterocycles. The van der Waals surface area contributed by atoms with Crippen LogP contribution in [0.3, 0.4) is 0 Å². The molecule has 1 aromatic heterocycles. The molecule has 21 heavy (non-hydrogen) atoms. The molecule has 0 fully saturated rings. The Hall–Kier alpha value is -1.49. The molecule has 0 aliphatic carbocycles. The van der Waals surface area contributed by atoms with Crippen LogP contribution < -0.4 is 15.4 Å². The van der Waals surface area contributed by atoms with E-state index in [1.54, 1.807) is 7.11 Å². The summed E-state index contributed by atoms with van der Waals surface area (Å²) in [4.78, 5) is 6.82. The second-order valence-corrected chi connectivity index (χ2v) is 5.71. The van der Waals surface area contributed by atoms with Gasteiger partial charge in [-0.25, -0.2) is 0 Å². The second-order valence-electron chi connectivity index (χ2n) is 5.71. The lowest BCUT2D eigenvalue weighted by atomic mass is 10.2. The van der Waals surface area contributed by atoms with Gasteiger partial charge < -0.3 is 20.1 Å². The minimum Gasteiger partial charge on any atom is -0.476 e. The van der Waals surface area contributed by atoms with Crippen LogP contribution in [0, 0.1) is 5.92 Å². The van der Waals surface area contributed by atoms with Crippen LogP contribution in [0.4, 0.5) is 11.5 Å². The molecule has 2 N–H and O–H groups in total. The lowest BCUT2D eigenvalue weighted by Crippen LogP contribution is -2.36. The van der Waals surface area contributed by atoms with Crippen molar-refractivity contribution in [1.29, 1.82) is 0 Å². The fourth-order valence-corrected chi connectivity index (χ4v) is 1.93. The van der Waals surface area contributed by atoms with Gasteiger partial charge in [0, 0.05) is 19.7 Å². The third kappa shape index (κ3) is 5.42. The first-order chi connectivity index (χ1) is 9.99. The van der Waals surface area contributed by atoms with Crippen molar-refractivity contribution < 1.29 is 9.47 Å². The maximum atomic E-state index is 5.95. The summed E-state index contributed by atoms with van der Waals surface area (Å²) >= 11 is 0. The highest BCUT2D eigenvalue weighted by atomic mass is 16.5. The highest BCUT2D eigenvalue weighted by Crippen LogP contribution is 2.25. The molecule has 1 unspecified atom stereocenters. The summed E-state index contributed by atoms with van der Waals surface area (Å²) < 4.78 is 10.9. The van der Waals surface area contributed by atoms with Gasteiger partial charge in [0.25, 0.3) is 0 Å². The Morgan fingerprint density at radius 1 is 1.29 bits per heavy atom. The van der Waals surface area contributed by atoms with E-state index >= 15 is 0 Å². The van der Waals surface area contributed by atoms with E-state index in [-0.39, 0.29) is 0 Å². The van der Waals surface area contributed by atoms with Crippen LogP contribution in [0.1, 0.15) is 34.1 Å². The van der Waals surface area contributed by atoms with Crippen molar-refractivity contribution in [3.63, 3.8) is 0 Å². The Morgan fingerprint density at radius 2 is 2.00 bits per heavy atom. The van der Waals surface area contributed by atoms with Crippen molar-refractivity contribution in [2.45, 2.75) is 40.2 Å². The molecule has 1 rings (SSSR count). The number of rotatable bonds is 9. The molecular formula is C16H29N3O2. The smallest absolute Gasteiger partial charge is 0.239 e. The molecule has 0 aromatic carbocycles. The Kier molecular flexibility index (Phi) is 7.29. The molecule has 0 amide bonds. The van der Waals surface area contributed by atoms with Crippen LogP contribution >= 0.6 is 0 Å². The topological polar surface area (TPSA) is 60.6 Å². The summed E-state index contributed by atoms with van der Waals surface area (Å²) in [5, 5.41) is 0. The van der Waals surface area contributed by atoms with Crippen molar-refractivity contribution >= 4 is 11.5 Å². The van der Waals surface area contributed by atoms with E-state index < -0.39 is 0 Å². The molecule has 0 saturated carbocycles. The van der Waals surface area contributed by atoms with E-state index in [9.17, 15) is 0 Å². The first-order valence-corrected chi connectivity index (χ1v) is 7.64. The van der Waals surface area contributed by atoms with Crippen LogP contribution in [0.15, 0.2) is 12.1 Å². The zero-order valence-electron chi connectivity index (χ0n) is 13.9. The van der Waals surface area contributed by atoms with Gasteiger partial charge >= 0.3 is 0 Å². The third-order valence-electron chi connectivity index (χ3n) is 3.38. The number of nitrogens with two attached hydrogens (primary N) is 1. The quantitative estimate of drug-likeness (QED) is 0.759. The molecule has 0 aliphatic rings. The summed E-state index contributed by atoms with van der Waals surface area (Å²) in [6.07, 6.45) is 1.04. The second kappa shape index (κ2) is 8.72. The number of anilines is 2. The summed E-state index contributed by atoms with van der Waals surface area (Å²) in [6, 6.07) is 4.19. The van der Waals surface area contributed by atoms with Gasteiger partial charge in [0.15, 0.2) is 0 Å². The summed E-state index contributed by atoms with van der Waals surface area (Å²) in [5.74, 6) is 1.84. The van der Waals surface area contributed by atoms with Crippen molar-refractivity contribution in [1.82, 2.24) is 4.98 Å². The number of pyridine rings is 1. The standard InChI is InChI=1S/C16H29N3O2/c1-6-13(4)19(9-10-20-5)15-8-7-14(17)16(18-15)21-11-12(2)3/h7-8,12-13H,6,9-11,17H2,1-5H3. The number of ether oxygens (including phenoxy) is 2. The highest BCUT2D eigenvalue weighted by molar-refractivity contribution is 5.55. The summed E-state index contributed by atoms with van der Waals surface area (Å²) in [5.41, 5.74) is 6.53. The van der Waals surface area contributed by atoms with Crippen LogP contribution in [-0.2, 0) is 4.74 Å². The zero-order valence-corrected chi connectivity index (χ0v) is 13.9. The SMILES string of the molecule is CCC(C)N(CCOC)c1ccc(N)c(OCC(C)C)n1. The van der Waals surface area contributed by atoms with E-state index in [1.165, 1.54) is 0 Å². The molecule has 0 bridgehead atoms. The van der Waals surface area contributed by atoms with E-state index in [0.717, 1.165) is 18.8 Å². The van der Waals surface area contributed by atoms with Gasteiger partial charge in [-0.05, 0) is 31.4 Å². The lowest BCUT2D eigenvalue weighted by molar-refractivity contribution is 0.203. The van der Waals surface area contributed by atoms with Crippen molar-refractivity contribution in [3.05, 3.63) is 12.1 Å². The molecule has 5 nitrogen and oxygen atoms in total. The molecule has 0 spiro atoms. The average molecular weight is 295 g/mol. The van der Waals surface area contributed by atoms with Crippen molar-refractivity contribution in [2.24, 2.45) is 5.92 Å². The maximum Gasteiger partial charge on any atom is 0.239 e. The van der Waals surface area contributed by atoms with Crippen LogP contribution in [0.25, 0.3) is 0 Å². The van der Waals surface area contributed by atoms with Gasteiger partial charge in [0.05, 0.1) is 18.9 Å². The van der Waals surface area contributed by atoms with E-state index in [0.29, 0.717) is 36.7 Å². The highest BCUT2D eigenvalue weighted by Gasteiger charge is 2.16. The fourth-order valence-electron chi connectivity index (χ4n) is 1.93. The maximum absolute atomic E-state index is 5.95. The van der Waals surface area contributed by atoms with Crippen molar-refractivity contribution in [2.75, 3.05) is 37.5 Å².